The summed E-state index contributed by atoms with van der Waals surface area (Å²) in [5, 5.41) is 10.5. The summed E-state index contributed by atoms with van der Waals surface area (Å²) < 4.78 is 0. The molecule has 2 radical (unpaired) electrons. The molecule has 25 heavy (non-hydrogen) atoms. The fourth-order valence-corrected chi connectivity index (χ4v) is 3.94. The molecule has 2 aromatic carbocycles. The van der Waals surface area contributed by atoms with E-state index in [0.29, 0.717) is 22.6 Å². The Kier molecular flexibility index (Phi) is 4.13. The van der Waals surface area contributed by atoms with Gasteiger partial charge in [-0.3, -0.25) is 4.79 Å². The zero-order chi connectivity index (χ0) is 17.4. The van der Waals surface area contributed by atoms with E-state index >= 15 is 0 Å². The molecule has 2 heterocycles. The van der Waals surface area contributed by atoms with E-state index in [1.165, 1.54) is 0 Å². The van der Waals surface area contributed by atoms with E-state index in [9.17, 15) is 9.90 Å². The predicted molar refractivity (Wildman–Crippen MR) is 103 cm³/mol. The van der Waals surface area contributed by atoms with Crippen molar-refractivity contribution >= 4 is 25.1 Å². The normalized spacial score (nSPS) is 13.4. The average Bonchev–Trinajstić information content (AvgIpc) is 2.62. The third kappa shape index (κ3) is 3.09. The molecule has 0 unspecified atom stereocenters. The summed E-state index contributed by atoms with van der Waals surface area (Å²) in [6.45, 7) is 0. The molecule has 0 saturated carbocycles. The van der Waals surface area contributed by atoms with Gasteiger partial charge in [-0.15, -0.1) is 0 Å². The number of aryl methyl sites for hydroxylation is 1. The first-order valence-electron chi connectivity index (χ1n) is 8.01. The number of nitrogens with one attached hydrogen (secondary N) is 1. The van der Waals surface area contributed by atoms with Gasteiger partial charge in [0.25, 0.3) is 5.56 Å². The molecular formula is C19H15BN2O2S. The van der Waals surface area contributed by atoms with Crippen LogP contribution in [0.4, 0.5) is 0 Å². The molecule has 1 aliphatic heterocycles. The number of thioether (sulfide) groups is 1. The maximum atomic E-state index is 12.3. The standard InChI is InChI=1S/C19H15BN2O2S/c20-13-4-1-11(2-5-13)12-3-6-14(17(23)9-12)18-21-16-7-8-25-10-15(16)19(24)22-18/h1-6,9,23H,7-8,10H2,(H,21,22,24). The number of hydrogen-bond acceptors (Lipinski definition) is 4. The zero-order valence-corrected chi connectivity index (χ0v) is 14.3. The topological polar surface area (TPSA) is 66.0 Å². The minimum atomic E-state index is -0.116. The zero-order valence-electron chi connectivity index (χ0n) is 13.5. The van der Waals surface area contributed by atoms with Gasteiger partial charge in [-0.1, -0.05) is 35.8 Å². The molecule has 0 aliphatic carbocycles. The van der Waals surface area contributed by atoms with Crippen LogP contribution in [0.15, 0.2) is 47.3 Å². The quantitative estimate of drug-likeness (QED) is 0.700. The van der Waals surface area contributed by atoms with Crippen LogP contribution in [0.25, 0.3) is 22.5 Å². The molecule has 0 fully saturated rings. The number of aromatic nitrogens is 2. The summed E-state index contributed by atoms with van der Waals surface area (Å²) in [7, 11) is 5.71. The van der Waals surface area contributed by atoms with Gasteiger partial charge in [0.1, 0.15) is 19.4 Å². The van der Waals surface area contributed by atoms with Crippen LogP contribution in [0, 0.1) is 0 Å². The Balaban J connectivity index is 1.75. The number of benzene rings is 2. The first-order chi connectivity index (χ1) is 12.1. The summed E-state index contributed by atoms with van der Waals surface area (Å²) in [6.07, 6.45) is 0.779. The number of rotatable bonds is 2. The summed E-state index contributed by atoms with van der Waals surface area (Å²) >= 11 is 1.74. The van der Waals surface area contributed by atoms with E-state index in [-0.39, 0.29) is 11.3 Å². The summed E-state index contributed by atoms with van der Waals surface area (Å²) in [5.41, 5.74) is 4.51. The van der Waals surface area contributed by atoms with Gasteiger partial charge in [0.15, 0.2) is 0 Å². The molecule has 0 atom stereocenters. The van der Waals surface area contributed by atoms with Gasteiger partial charge in [0, 0.05) is 11.3 Å². The number of aromatic amines is 1. The third-order valence-corrected chi connectivity index (χ3v) is 5.31. The second-order valence-corrected chi connectivity index (χ2v) is 7.10. The van der Waals surface area contributed by atoms with Crippen LogP contribution in [0.1, 0.15) is 11.3 Å². The summed E-state index contributed by atoms with van der Waals surface area (Å²) in [5.74, 6) is 2.16. The minimum Gasteiger partial charge on any atom is -0.507 e. The van der Waals surface area contributed by atoms with Gasteiger partial charge < -0.3 is 10.1 Å². The minimum absolute atomic E-state index is 0.0857. The van der Waals surface area contributed by atoms with Crippen LogP contribution in [0.2, 0.25) is 0 Å². The molecule has 1 aliphatic rings. The van der Waals surface area contributed by atoms with Crippen molar-refractivity contribution in [2.24, 2.45) is 0 Å². The van der Waals surface area contributed by atoms with E-state index < -0.39 is 0 Å². The first-order valence-corrected chi connectivity index (χ1v) is 9.16. The van der Waals surface area contributed by atoms with Crippen molar-refractivity contribution in [1.29, 1.82) is 0 Å². The van der Waals surface area contributed by atoms with Crippen molar-refractivity contribution < 1.29 is 5.11 Å². The lowest BCUT2D eigenvalue weighted by atomic mass is 9.93. The van der Waals surface area contributed by atoms with E-state index in [0.717, 1.165) is 34.6 Å². The smallest absolute Gasteiger partial charge is 0.255 e. The van der Waals surface area contributed by atoms with Gasteiger partial charge in [-0.2, -0.15) is 11.8 Å². The van der Waals surface area contributed by atoms with Gasteiger partial charge in [0.2, 0.25) is 0 Å². The highest BCUT2D eigenvalue weighted by Gasteiger charge is 2.18. The van der Waals surface area contributed by atoms with Crippen LogP contribution in [-0.2, 0) is 12.2 Å². The molecule has 4 nitrogen and oxygen atoms in total. The second kappa shape index (κ2) is 6.45. The maximum absolute atomic E-state index is 12.3. The van der Waals surface area contributed by atoms with Gasteiger partial charge in [0.05, 0.1) is 11.3 Å². The highest BCUT2D eigenvalue weighted by molar-refractivity contribution is 7.98. The summed E-state index contributed by atoms with van der Waals surface area (Å²) in [4.78, 5) is 19.7. The number of nitrogens with zero attached hydrogens (tertiary/aromatic N) is 1. The fraction of sp³-hybridized carbons (Fsp3) is 0.158. The highest BCUT2D eigenvalue weighted by atomic mass is 32.2. The monoisotopic (exact) mass is 346 g/mol. The number of phenols is 1. The number of phenolic OH excluding ortho intramolecular Hbond substituents is 1. The molecule has 0 bridgehead atoms. The fourth-order valence-electron chi connectivity index (χ4n) is 2.96. The van der Waals surface area contributed by atoms with Gasteiger partial charge in [-0.25, -0.2) is 4.98 Å². The number of fused-ring (bicyclic) bond motifs is 1. The molecule has 6 heteroatoms. The summed E-state index contributed by atoms with van der Waals surface area (Å²) in [6, 6.07) is 12.8. The first kappa shape index (κ1) is 16.0. The lowest BCUT2D eigenvalue weighted by Gasteiger charge is -2.15. The maximum Gasteiger partial charge on any atom is 0.255 e. The molecule has 0 spiro atoms. The molecule has 0 amide bonds. The molecule has 122 valence electrons. The highest BCUT2D eigenvalue weighted by Crippen LogP contribution is 2.32. The predicted octanol–water partition coefficient (Wildman–Crippen LogP) is 2.39. The van der Waals surface area contributed by atoms with Crippen LogP contribution in [0.5, 0.6) is 5.75 Å². The Bertz CT molecular complexity index is 999. The molecule has 2 N–H and O–H groups in total. The van der Waals surface area contributed by atoms with E-state index in [1.807, 2.05) is 30.3 Å². The van der Waals surface area contributed by atoms with E-state index in [2.05, 4.69) is 9.97 Å². The van der Waals surface area contributed by atoms with Crippen molar-refractivity contribution in [3.05, 3.63) is 64.1 Å². The molecular weight excluding hydrogens is 331 g/mol. The Morgan fingerprint density at radius 2 is 1.88 bits per heavy atom. The Hall–Kier alpha value is -2.47. The van der Waals surface area contributed by atoms with Crippen LogP contribution in [0.3, 0.4) is 0 Å². The van der Waals surface area contributed by atoms with Crippen molar-refractivity contribution in [1.82, 2.24) is 9.97 Å². The largest absolute Gasteiger partial charge is 0.507 e. The van der Waals surface area contributed by atoms with Crippen molar-refractivity contribution in [3.8, 4) is 28.3 Å². The lowest BCUT2D eigenvalue weighted by Crippen LogP contribution is -2.21. The van der Waals surface area contributed by atoms with Crippen molar-refractivity contribution in [3.63, 3.8) is 0 Å². The SMILES string of the molecule is [B]c1ccc(-c2ccc(-c3nc4c(c(=O)[nH]3)CSCC4)c(O)c2)cc1. The van der Waals surface area contributed by atoms with Crippen LogP contribution < -0.4 is 11.0 Å². The van der Waals surface area contributed by atoms with E-state index in [4.69, 9.17) is 7.85 Å². The molecule has 3 aromatic rings. The van der Waals surface area contributed by atoms with Gasteiger partial charge >= 0.3 is 0 Å². The number of aromatic hydroxyl groups is 1. The van der Waals surface area contributed by atoms with Crippen molar-refractivity contribution in [2.75, 3.05) is 5.75 Å². The van der Waals surface area contributed by atoms with Crippen molar-refractivity contribution in [2.45, 2.75) is 12.2 Å². The molecule has 4 rings (SSSR count). The second-order valence-electron chi connectivity index (χ2n) is 6.00. The third-order valence-electron chi connectivity index (χ3n) is 4.33. The number of hydrogen-bond donors (Lipinski definition) is 2. The Morgan fingerprint density at radius 1 is 1.12 bits per heavy atom. The lowest BCUT2D eigenvalue weighted by molar-refractivity contribution is 0.477. The molecule has 0 saturated heterocycles. The Labute approximate surface area is 150 Å². The van der Waals surface area contributed by atoms with Crippen LogP contribution in [-0.4, -0.2) is 28.7 Å². The number of H-pyrrole nitrogens is 1. The van der Waals surface area contributed by atoms with Gasteiger partial charge in [-0.05, 0) is 35.4 Å². The van der Waals surface area contributed by atoms with Crippen LogP contribution >= 0.6 is 11.8 Å². The Morgan fingerprint density at radius 3 is 2.64 bits per heavy atom. The van der Waals surface area contributed by atoms with E-state index in [1.54, 1.807) is 23.9 Å². The molecule has 1 aromatic heterocycles. The average molecular weight is 346 g/mol.